The average molecular weight is 386 g/mol. The third-order valence-corrected chi connectivity index (χ3v) is 4.58. The molecule has 0 bridgehead atoms. The van der Waals surface area contributed by atoms with Gasteiger partial charge in [0.2, 0.25) is 0 Å². The van der Waals surface area contributed by atoms with E-state index in [0.29, 0.717) is 12.1 Å². The van der Waals surface area contributed by atoms with E-state index in [9.17, 15) is 14.0 Å². The number of hydrogen-bond donors (Lipinski definition) is 1. The van der Waals surface area contributed by atoms with Crippen LogP contribution < -0.4 is 14.8 Å². The molecule has 2 aromatic carbocycles. The van der Waals surface area contributed by atoms with Crippen LogP contribution >= 0.6 is 0 Å². The third-order valence-electron chi connectivity index (χ3n) is 4.58. The second-order valence-electron chi connectivity index (χ2n) is 6.56. The maximum atomic E-state index is 13.6. The van der Waals surface area contributed by atoms with Gasteiger partial charge in [-0.25, -0.2) is 4.39 Å². The Balaban J connectivity index is 1.45. The number of carbonyl (C=O) groups is 2. The molecule has 148 valence electrons. The van der Waals surface area contributed by atoms with Crippen LogP contribution in [-0.2, 0) is 11.3 Å². The molecule has 7 heteroatoms. The molecule has 0 saturated carbocycles. The molecule has 0 aliphatic carbocycles. The van der Waals surface area contributed by atoms with Crippen molar-refractivity contribution in [2.45, 2.75) is 19.4 Å². The minimum Gasteiger partial charge on any atom is -0.494 e. The van der Waals surface area contributed by atoms with Crippen LogP contribution in [0.1, 0.15) is 28.8 Å². The summed E-state index contributed by atoms with van der Waals surface area (Å²) in [6.45, 7) is 1.72. The molecule has 0 atom stereocenters. The molecular weight excluding hydrogens is 363 g/mol. The Hall–Kier alpha value is -3.09. The smallest absolute Gasteiger partial charge is 0.258 e. The van der Waals surface area contributed by atoms with Gasteiger partial charge in [-0.3, -0.25) is 9.59 Å². The molecule has 1 heterocycles. The van der Waals surface area contributed by atoms with E-state index in [1.54, 1.807) is 12.1 Å². The monoisotopic (exact) mass is 386 g/mol. The summed E-state index contributed by atoms with van der Waals surface area (Å²) in [6, 6.07) is 11.3. The predicted molar refractivity (Wildman–Crippen MR) is 102 cm³/mol. The van der Waals surface area contributed by atoms with Crippen LogP contribution in [0.2, 0.25) is 0 Å². The summed E-state index contributed by atoms with van der Waals surface area (Å²) in [5.74, 6) is -0.465. The summed E-state index contributed by atoms with van der Waals surface area (Å²) in [5, 5.41) is 2.73. The van der Waals surface area contributed by atoms with E-state index in [1.165, 1.54) is 25.3 Å². The predicted octanol–water partition coefficient (Wildman–Crippen LogP) is 2.77. The molecule has 1 saturated heterocycles. The normalized spacial score (nSPS) is 13.3. The maximum Gasteiger partial charge on any atom is 0.258 e. The van der Waals surface area contributed by atoms with Gasteiger partial charge >= 0.3 is 0 Å². The van der Waals surface area contributed by atoms with Gasteiger partial charge in [0.15, 0.2) is 18.2 Å². The van der Waals surface area contributed by atoms with E-state index in [4.69, 9.17) is 9.47 Å². The van der Waals surface area contributed by atoms with Crippen LogP contribution in [0.15, 0.2) is 42.5 Å². The van der Waals surface area contributed by atoms with Crippen LogP contribution in [0.4, 0.5) is 4.39 Å². The Kier molecular flexibility index (Phi) is 6.47. The molecule has 1 fully saturated rings. The molecular formula is C21H23FN2O4. The first-order chi connectivity index (χ1) is 13.6. The second kappa shape index (κ2) is 9.21. The van der Waals surface area contributed by atoms with Gasteiger partial charge in [-0.05, 0) is 42.7 Å². The quantitative estimate of drug-likeness (QED) is 0.795. The fraction of sp³-hybridized carbons (Fsp3) is 0.333. The number of nitrogens with one attached hydrogen (secondary N) is 1. The molecule has 1 aliphatic heterocycles. The van der Waals surface area contributed by atoms with E-state index < -0.39 is 5.82 Å². The van der Waals surface area contributed by atoms with Crippen molar-refractivity contribution >= 4 is 11.8 Å². The first-order valence-electron chi connectivity index (χ1n) is 9.18. The van der Waals surface area contributed by atoms with Gasteiger partial charge in [-0.15, -0.1) is 0 Å². The summed E-state index contributed by atoms with van der Waals surface area (Å²) >= 11 is 0. The highest BCUT2D eigenvalue weighted by Gasteiger charge is 2.19. The fourth-order valence-electron chi connectivity index (χ4n) is 3.01. The van der Waals surface area contributed by atoms with Crippen LogP contribution in [0.3, 0.4) is 0 Å². The third kappa shape index (κ3) is 5.00. The van der Waals surface area contributed by atoms with E-state index in [-0.39, 0.29) is 29.9 Å². The van der Waals surface area contributed by atoms with Crippen molar-refractivity contribution in [3.63, 3.8) is 0 Å². The molecule has 2 aromatic rings. The van der Waals surface area contributed by atoms with Crippen molar-refractivity contribution in [2.75, 3.05) is 26.8 Å². The number of benzene rings is 2. The van der Waals surface area contributed by atoms with E-state index in [0.717, 1.165) is 31.5 Å². The molecule has 2 amide bonds. The van der Waals surface area contributed by atoms with Gasteiger partial charge in [-0.2, -0.15) is 0 Å². The SMILES string of the molecule is COc1ccc(OCC(=O)NCc2ccc(C(=O)N3CCCC3)cc2)cc1F. The Morgan fingerprint density at radius 2 is 1.82 bits per heavy atom. The Labute approximate surface area is 163 Å². The lowest BCUT2D eigenvalue weighted by Gasteiger charge is -2.15. The first kappa shape index (κ1) is 19.7. The van der Waals surface area contributed by atoms with Crippen molar-refractivity contribution in [3.8, 4) is 11.5 Å². The summed E-state index contributed by atoms with van der Waals surface area (Å²) in [6.07, 6.45) is 2.11. The Morgan fingerprint density at radius 3 is 2.46 bits per heavy atom. The zero-order valence-electron chi connectivity index (χ0n) is 15.7. The largest absolute Gasteiger partial charge is 0.494 e. The molecule has 0 aromatic heterocycles. The zero-order valence-corrected chi connectivity index (χ0v) is 15.7. The number of ether oxygens (including phenoxy) is 2. The summed E-state index contributed by atoms with van der Waals surface area (Å²) in [4.78, 5) is 26.1. The van der Waals surface area contributed by atoms with Crippen molar-refractivity contribution in [3.05, 3.63) is 59.4 Å². The topological polar surface area (TPSA) is 67.9 Å². The van der Waals surface area contributed by atoms with Crippen molar-refractivity contribution in [1.82, 2.24) is 10.2 Å². The average Bonchev–Trinajstić information content (AvgIpc) is 3.25. The minimum absolute atomic E-state index is 0.0493. The number of carbonyl (C=O) groups excluding carboxylic acids is 2. The first-order valence-corrected chi connectivity index (χ1v) is 9.18. The number of nitrogens with zero attached hydrogens (tertiary/aromatic N) is 1. The van der Waals surface area contributed by atoms with Gasteiger partial charge in [0.1, 0.15) is 5.75 Å². The number of methoxy groups -OCH3 is 1. The number of amides is 2. The molecule has 0 unspecified atom stereocenters. The van der Waals surface area contributed by atoms with E-state index in [1.807, 2.05) is 17.0 Å². The fourth-order valence-corrected chi connectivity index (χ4v) is 3.01. The minimum atomic E-state index is -0.552. The molecule has 0 radical (unpaired) electrons. The van der Waals surface area contributed by atoms with Gasteiger partial charge < -0.3 is 19.7 Å². The van der Waals surface area contributed by atoms with Crippen LogP contribution in [0.25, 0.3) is 0 Å². The van der Waals surface area contributed by atoms with Gasteiger partial charge in [0.25, 0.3) is 11.8 Å². The Morgan fingerprint density at radius 1 is 1.11 bits per heavy atom. The second-order valence-corrected chi connectivity index (χ2v) is 6.56. The Bertz CT molecular complexity index is 833. The lowest BCUT2D eigenvalue weighted by atomic mass is 10.1. The number of halogens is 1. The zero-order chi connectivity index (χ0) is 19.9. The van der Waals surface area contributed by atoms with Crippen molar-refractivity contribution < 1.29 is 23.5 Å². The molecule has 3 rings (SSSR count). The number of rotatable bonds is 7. The van der Waals surface area contributed by atoms with Crippen LogP contribution in [0.5, 0.6) is 11.5 Å². The van der Waals surface area contributed by atoms with Crippen molar-refractivity contribution in [1.29, 1.82) is 0 Å². The molecule has 6 nitrogen and oxygen atoms in total. The highest BCUT2D eigenvalue weighted by atomic mass is 19.1. The number of hydrogen-bond acceptors (Lipinski definition) is 4. The van der Waals surface area contributed by atoms with Crippen molar-refractivity contribution in [2.24, 2.45) is 0 Å². The van der Waals surface area contributed by atoms with Gasteiger partial charge in [-0.1, -0.05) is 12.1 Å². The number of likely N-dealkylation sites (tertiary alicyclic amines) is 1. The molecule has 0 spiro atoms. The van der Waals surface area contributed by atoms with Crippen LogP contribution in [-0.4, -0.2) is 43.5 Å². The van der Waals surface area contributed by atoms with Crippen LogP contribution in [0, 0.1) is 5.82 Å². The summed E-state index contributed by atoms with van der Waals surface area (Å²) in [7, 11) is 1.38. The maximum absolute atomic E-state index is 13.6. The van der Waals surface area contributed by atoms with Gasteiger partial charge in [0.05, 0.1) is 7.11 Å². The summed E-state index contributed by atoms with van der Waals surface area (Å²) < 4.78 is 23.7. The lowest BCUT2D eigenvalue weighted by Crippen LogP contribution is -2.29. The molecule has 1 aliphatic rings. The van der Waals surface area contributed by atoms with E-state index >= 15 is 0 Å². The summed E-state index contributed by atoms with van der Waals surface area (Å²) in [5.41, 5.74) is 1.53. The highest BCUT2D eigenvalue weighted by Crippen LogP contribution is 2.22. The van der Waals surface area contributed by atoms with Gasteiger partial charge in [0, 0.05) is 31.3 Å². The standard InChI is InChI=1S/C21H23FN2O4/c1-27-19-9-8-17(12-18(19)22)28-14-20(25)23-13-15-4-6-16(7-5-15)21(26)24-10-2-3-11-24/h4-9,12H,2-3,10-11,13-14H2,1H3,(H,23,25). The lowest BCUT2D eigenvalue weighted by molar-refractivity contribution is -0.123. The van der Waals surface area contributed by atoms with E-state index in [2.05, 4.69) is 5.32 Å². The highest BCUT2D eigenvalue weighted by molar-refractivity contribution is 5.94. The molecule has 1 N–H and O–H groups in total. The molecule has 28 heavy (non-hydrogen) atoms.